The number of carbonyl (C=O) groups is 2. The van der Waals surface area contributed by atoms with E-state index in [4.69, 9.17) is 14.2 Å². The largest absolute Gasteiger partial charge is 0.493 e. The van der Waals surface area contributed by atoms with Crippen molar-refractivity contribution >= 4 is 23.5 Å². The van der Waals surface area contributed by atoms with Gasteiger partial charge < -0.3 is 19.1 Å². The summed E-state index contributed by atoms with van der Waals surface area (Å²) in [5, 5.41) is -3.36. The first-order valence-corrected chi connectivity index (χ1v) is 11.1. The first-order valence-electron chi connectivity index (χ1n) is 10.2. The van der Waals surface area contributed by atoms with Gasteiger partial charge in [0.15, 0.2) is 11.5 Å². The maximum Gasteiger partial charge on any atom is 0.389 e. The van der Waals surface area contributed by atoms with Gasteiger partial charge in [-0.05, 0) is 31.4 Å². The predicted octanol–water partition coefficient (Wildman–Crippen LogP) is 4.94. The number of likely N-dealkylation sites (tertiary alicyclic amines) is 1. The van der Waals surface area contributed by atoms with Crippen LogP contribution in [0.25, 0.3) is 0 Å². The van der Waals surface area contributed by atoms with Gasteiger partial charge in [0.1, 0.15) is 0 Å². The van der Waals surface area contributed by atoms with Crippen molar-refractivity contribution in [3.63, 3.8) is 0 Å². The summed E-state index contributed by atoms with van der Waals surface area (Å²) in [4.78, 5) is 26.9. The Kier molecular flexibility index (Phi) is 9.21. The van der Waals surface area contributed by atoms with Crippen molar-refractivity contribution in [2.45, 2.75) is 49.6 Å². The Balaban J connectivity index is 2.06. The fourth-order valence-corrected chi connectivity index (χ4v) is 4.60. The third kappa shape index (κ3) is 7.38. The first kappa shape index (κ1) is 27.0. The summed E-state index contributed by atoms with van der Waals surface area (Å²) in [6.07, 6.45) is -6.42. The van der Waals surface area contributed by atoms with Gasteiger partial charge in [0.05, 0.1) is 21.3 Å². The lowest BCUT2D eigenvalue weighted by molar-refractivity contribution is -0.137. The van der Waals surface area contributed by atoms with Crippen LogP contribution >= 0.6 is 11.8 Å². The number of nitrogens with zero attached hydrogens (tertiary/aromatic N) is 1. The van der Waals surface area contributed by atoms with Crippen LogP contribution in [0.3, 0.4) is 0 Å². The highest BCUT2D eigenvalue weighted by Crippen LogP contribution is 2.40. The van der Waals surface area contributed by atoms with Crippen molar-refractivity contribution in [3.05, 3.63) is 17.7 Å². The van der Waals surface area contributed by atoms with E-state index in [2.05, 4.69) is 0 Å². The Morgan fingerprint density at radius 3 is 2.15 bits per heavy atom. The number of ketones is 1. The van der Waals surface area contributed by atoms with E-state index in [0.29, 0.717) is 12.8 Å². The second-order valence-corrected chi connectivity index (χ2v) is 8.67. The molecular weight excluding hydrogens is 473 g/mol. The molecule has 2 rings (SSSR count). The van der Waals surface area contributed by atoms with Crippen molar-refractivity contribution < 1.29 is 45.8 Å². The molecule has 1 saturated heterocycles. The van der Waals surface area contributed by atoms with Gasteiger partial charge in [-0.15, -0.1) is 0 Å². The van der Waals surface area contributed by atoms with E-state index >= 15 is 0 Å². The maximum atomic E-state index is 14.0. The van der Waals surface area contributed by atoms with Gasteiger partial charge >= 0.3 is 6.18 Å². The quantitative estimate of drug-likeness (QED) is 0.244. The van der Waals surface area contributed by atoms with Crippen molar-refractivity contribution in [1.29, 1.82) is 0 Å². The highest BCUT2D eigenvalue weighted by Gasteiger charge is 2.38. The Morgan fingerprint density at radius 1 is 1.03 bits per heavy atom. The maximum absolute atomic E-state index is 14.0. The molecule has 1 atom stereocenters. The first-order chi connectivity index (χ1) is 15.4. The third-order valence-electron chi connectivity index (χ3n) is 5.17. The SMILES string of the molecule is COc1cc(C(=O)C(=O)N2CCCC2CSC(F)(F)CCCC(F)(F)F)cc(OC)c1OC. The van der Waals surface area contributed by atoms with Gasteiger partial charge in [-0.1, -0.05) is 11.8 Å². The molecule has 186 valence electrons. The lowest BCUT2D eigenvalue weighted by atomic mass is 10.1. The minimum absolute atomic E-state index is 0.00900. The molecule has 1 amide bonds. The summed E-state index contributed by atoms with van der Waals surface area (Å²) in [5.74, 6) is -1.30. The molecule has 0 bridgehead atoms. The summed E-state index contributed by atoms with van der Waals surface area (Å²) in [5.41, 5.74) is -0.00900. The molecule has 33 heavy (non-hydrogen) atoms. The van der Waals surface area contributed by atoms with Crippen LogP contribution in [0, 0.1) is 0 Å². The van der Waals surface area contributed by atoms with Crippen molar-refractivity contribution in [2.75, 3.05) is 33.6 Å². The molecule has 0 saturated carbocycles. The Bertz CT molecular complexity index is 824. The zero-order valence-corrected chi connectivity index (χ0v) is 19.3. The smallest absolute Gasteiger partial charge is 0.389 e. The Hall–Kier alpha value is -2.24. The molecule has 1 aromatic carbocycles. The number of ether oxygens (including phenoxy) is 3. The molecule has 1 aliphatic rings. The van der Waals surface area contributed by atoms with Crippen LogP contribution in [0.5, 0.6) is 17.2 Å². The third-order valence-corrected chi connectivity index (χ3v) is 6.35. The molecule has 0 aromatic heterocycles. The lowest BCUT2D eigenvalue weighted by Gasteiger charge is -2.26. The molecule has 0 N–H and O–H groups in total. The van der Waals surface area contributed by atoms with Crippen molar-refractivity contribution in [3.8, 4) is 17.2 Å². The van der Waals surface area contributed by atoms with Gasteiger partial charge in [-0.2, -0.15) is 22.0 Å². The number of hydrogen-bond acceptors (Lipinski definition) is 6. The van der Waals surface area contributed by atoms with E-state index in [-0.39, 0.29) is 46.9 Å². The molecule has 1 unspecified atom stereocenters. The van der Waals surface area contributed by atoms with Crippen molar-refractivity contribution in [2.24, 2.45) is 0 Å². The highest BCUT2D eigenvalue weighted by molar-refractivity contribution is 8.00. The zero-order valence-electron chi connectivity index (χ0n) is 18.5. The lowest BCUT2D eigenvalue weighted by Crippen LogP contribution is -2.41. The van der Waals surface area contributed by atoms with E-state index in [1.807, 2.05) is 0 Å². The molecule has 1 aromatic rings. The van der Waals surface area contributed by atoms with Crippen LogP contribution < -0.4 is 14.2 Å². The Morgan fingerprint density at radius 2 is 1.64 bits per heavy atom. The summed E-state index contributed by atoms with van der Waals surface area (Å²) in [6.45, 7) is 0.222. The summed E-state index contributed by atoms with van der Waals surface area (Å²) >= 11 is 0.210. The molecule has 1 fully saturated rings. The number of alkyl halides is 5. The fourth-order valence-electron chi connectivity index (χ4n) is 3.53. The van der Waals surface area contributed by atoms with Crippen LogP contribution in [0.4, 0.5) is 22.0 Å². The number of methoxy groups -OCH3 is 3. The fraction of sp³-hybridized carbons (Fsp3) is 0.619. The molecule has 6 nitrogen and oxygen atoms in total. The highest BCUT2D eigenvalue weighted by atomic mass is 32.2. The number of thioether (sulfide) groups is 1. The molecule has 1 heterocycles. The normalized spacial score (nSPS) is 16.6. The van der Waals surface area contributed by atoms with Gasteiger partial charge in [0.25, 0.3) is 16.9 Å². The van der Waals surface area contributed by atoms with E-state index in [1.165, 1.54) is 38.4 Å². The zero-order chi connectivity index (χ0) is 24.8. The summed E-state index contributed by atoms with van der Waals surface area (Å²) < 4.78 is 80.2. The number of halogens is 5. The number of hydrogen-bond donors (Lipinski definition) is 0. The molecule has 0 radical (unpaired) electrons. The molecule has 0 aliphatic carbocycles. The number of rotatable bonds is 11. The summed E-state index contributed by atoms with van der Waals surface area (Å²) in [6, 6.07) is 2.04. The number of Topliss-reactive ketones (excluding diaryl/α,β-unsaturated/α-hetero) is 1. The average Bonchev–Trinajstić information content (AvgIpc) is 3.23. The van der Waals surface area contributed by atoms with E-state index < -0.39 is 48.4 Å². The number of benzene rings is 1. The Labute approximate surface area is 192 Å². The van der Waals surface area contributed by atoms with Gasteiger partial charge in [0.2, 0.25) is 5.75 Å². The minimum atomic E-state index is -4.48. The van der Waals surface area contributed by atoms with Gasteiger partial charge in [-0.25, -0.2) is 0 Å². The van der Waals surface area contributed by atoms with E-state index in [0.717, 1.165) is 0 Å². The summed E-state index contributed by atoms with van der Waals surface area (Å²) in [7, 11) is 4.10. The molecule has 0 spiro atoms. The van der Waals surface area contributed by atoms with E-state index in [1.54, 1.807) is 0 Å². The van der Waals surface area contributed by atoms with Gasteiger partial charge in [-0.3, -0.25) is 9.59 Å². The molecule has 12 heteroatoms. The monoisotopic (exact) mass is 499 g/mol. The van der Waals surface area contributed by atoms with Crippen LogP contribution in [-0.4, -0.2) is 67.7 Å². The van der Waals surface area contributed by atoms with Gasteiger partial charge in [0, 0.05) is 36.7 Å². The second kappa shape index (κ2) is 11.3. The van der Waals surface area contributed by atoms with Crippen LogP contribution in [0.1, 0.15) is 42.5 Å². The number of carbonyl (C=O) groups excluding carboxylic acids is 2. The molecule has 1 aliphatic heterocycles. The second-order valence-electron chi connectivity index (χ2n) is 7.45. The predicted molar refractivity (Wildman–Crippen MR) is 112 cm³/mol. The van der Waals surface area contributed by atoms with E-state index in [9.17, 15) is 31.5 Å². The standard InChI is InChI=1S/C21H26F5NO5S/c1-30-15-10-13(11-16(31-2)18(15)32-3)17(28)19(29)27-9-4-6-14(27)12-33-21(25,26)8-5-7-20(22,23)24/h10-11,14H,4-9,12H2,1-3H3. The van der Waals surface area contributed by atoms with Crippen LogP contribution in [0.2, 0.25) is 0 Å². The van der Waals surface area contributed by atoms with Crippen LogP contribution in [0.15, 0.2) is 12.1 Å². The minimum Gasteiger partial charge on any atom is -0.493 e. The molecular formula is C21H26F5NO5S. The van der Waals surface area contributed by atoms with Crippen LogP contribution in [-0.2, 0) is 4.79 Å². The topological polar surface area (TPSA) is 65.1 Å². The van der Waals surface area contributed by atoms with Crippen molar-refractivity contribution in [1.82, 2.24) is 4.90 Å². The average molecular weight is 499 g/mol. The number of amides is 1.